The Morgan fingerprint density at radius 1 is 0.966 bits per heavy atom. The van der Waals surface area contributed by atoms with Gasteiger partial charge in [-0.3, -0.25) is 0 Å². The Labute approximate surface area is 169 Å². The lowest BCUT2D eigenvalue weighted by molar-refractivity contribution is 0.302. The Bertz CT molecular complexity index is 1090. The van der Waals surface area contributed by atoms with E-state index in [1.165, 1.54) is 0 Å². The first-order valence-electron chi connectivity index (χ1n) is 9.55. The SMILES string of the molecule is COc1ccc(-c2cc(=NO)c3cccc(N4CCN(C)CC4)c3o2)cc1OC. The molecule has 29 heavy (non-hydrogen) atoms. The Morgan fingerprint density at radius 2 is 1.72 bits per heavy atom. The molecule has 1 N–H and O–H groups in total. The maximum absolute atomic E-state index is 9.64. The van der Waals surface area contributed by atoms with Gasteiger partial charge in [0.25, 0.3) is 0 Å². The normalized spacial score (nSPS) is 15.7. The number of rotatable bonds is 4. The van der Waals surface area contributed by atoms with Crippen molar-refractivity contribution in [1.29, 1.82) is 0 Å². The molecule has 0 amide bonds. The van der Waals surface area contributed by atoms with Crippen LogP contribution in [0.4, 0.5) is 5.69 Å². The van der Waals surface area contributed by atoms with Gasteiger partial charge in [-0.1, -0.05) is 11.2 Å². The van der Waals surface area contributed by atoms with Crippen molar-refractivity contribution in [3.05, 3.63) is 47.8 Å². The predicted octanol–water partition coefficient (Wildman–Crippen LogP) is 3.16. The third kappa shape index (κ3) is 3.61. The van der Waals surface area contributed by atoms with Crippen molar-refractivity contribution in [1.82, 2.24) is 4.90 Å². The fourth-order valence-electron chi connectivity index (χ4n) is 3.69. The molecule has 1 aromatic heterocycles. The van der Waals surface area contributed by atoms with Gasteiger partial charge < -0.3 is 28.9 Å². The van der Waals surface area contributed by atoms with Crippen LogP contribution in [-0.2, 0) is 0 Å². The van der Waals surface area contributed by atoms with Crippen molar-refractivity contribution in [2.75, 3.05) is 52.3 Å². The van der Waals surface area contributed by atoms with Gasteiger partial charge in [-0.05, 0) is 37.4 Å². The average Bonchev–Trinajstić information content (AvgIpc) is 2.78. The number of hydrogen-bond acceptors (Lipinski definition) is 7. The van der Waals surface area contributed by atoms with Gasteiger partial charge in [0.2, 0.25) is 0 Å². The van der Waals surface area contributed by atoms with E-state index in [-0.39, 0.29) is 0 Å². The maximum atomic E-state index is 9.64. The summed E-state index contributed by atoms with van der Waals surface area (Å²) in [6.45, 7) is 3.81. The number of ether oxygens (including phenoxy) is 2. The Kier molecular flexibility index (Phi) is 5.31. The number of fused-ring (bicyclic) bond motifs is 1. The molecular formula is C22H25N3O4. The monoisotopic (exact) mass is 395 g/mol. The Balaban J connectivity index is 1.88. The van der Waals surface area contributed by atoms with Crippen LogP contribution in [0.2, 0.25) is 0 Å². The number of piperazine rings is 1. The molecule has 0 radical (unpaired) electrons. The number of anilines is 1. The van der Waals surface area contributed by atoms with Crippen molar-refractivity contribution >= 4 is 16.7 Å². The maximum Gasteiger partial charge on any atom is 0.161 e. The molecule has 1 saturated heterocycles. The summed E-state index contributed by atoms with van der Waals surface area (Å²) in [5.74, 6) is 1.84. The lowest BCUT2D eigenvalue weighted by Crippen LogP contribution is -2.44. The molecule has 3 aromatic rings. The van der Waals surface area contributed by atoms with Gasteiger partial charge in [0.1, 0.15) is 11.1 Å². The van der Waals surface area contributed by atoms with E-state index in [1.54, 1.807) is 20.3 Å². The summed E-state index contributed by atoms with van der Waals surface area (Å²) < 4.78 is 17.1. The molecule has 0 aliphatic carbocycles. The summed E-state index contributed by atoms with van der Waals surface area (Å²) in [5.41, 5.74) is 2.52. The number of benzene rings is 2. The Morgan fingerprint density at radius 3 is 2.41 bits per heavy atom. The largest absolute Gasteiger partial charge is 0.493 e. The highest BCUT2D eigenvalue weighted by atomic mass is 16.5. The summed E-state index contributed by atoms with van der Waals surface area (Å²) in [6.07, 6.45) is 0. The van der Waals surface area contributed by atoms with E-state index in [2.05, 4.69) is 28.1 Å². The molecule has 7 heteroatoms. The van der Waals surface area contributed by atoms with Gasteiger partial charge in [0, 0.05) is 43.2 Å². The minimum Gasteiger partial charge on any atom is -0.493 e. The second kappa shape index (κ2) is 8.05. The van der Waals surface area contributed by atoms with Gasteiger partial charge in [-0.25, -0.2) is 0 Å². The fraction of sp³-hybridized carbons (Fsp3) is 0.318. The topological polar surface area (TPSA) is 70.7 Å². The van der Waals surface area contributed by atoms with E-state index in [0.29, 0.717) is 28.2 Å². The molecule has 1 aliphatic rings. The van der Waals surface area contributed by atoms with Crippen LogP contribution in [0, 0.1) is 0 Å². The first-order valence-corrected chi connectivity index (χ1v) is 9.55. The molecule has 1 aliphatic heterocycles. The van der Waals surface area contributed by atoms with Crippen LogP contribution in [0.15, 0.2) is 52.0 Å². The van der Waals surface area contributed by atoms with E-state index in [0.717, 1.165) is 42.8 Å². The molecule has 7 nitrogen and oxygen atoms in total. The zero-order valence-corrected chi connectivity index (χ0v) is 16.9. The minimum absolute atomic E-state index is 0.465. The van der Waals surface area contributed by atoms with Crippen LogP contribution in [-0.4, -0.2) is 57.6 Å². The minimum atomic E-state index is 0.465. The standard InChI is InChI=1S/C22H25N3O4/c1-24-9-11-25(12-10-24)18-6-4-5-16-17(23-26)14-20(29-22(16)18)15-7-8-19(27-2)21(13-15)28-3/h4-8,13-14,26H,9-12H2,1-3H3. The quantitative estimate of drug-likeness (QED) is 0.541. The van der Waals surface area contributed by atoms with Crippen LogP contribution in [0.25, 0.3) is 22.3 Å². The third-order valence-electron chi connectivity index (χ3n) is 5.37. The highest BCUT2D eigenvalue weighted by Crippen LogP contribution is 2.34. The molecule has 0 unspecified atom stereocenters. The average molecular weight is 395 g/mol. The number of nitrogens with zero attached hydrogens (tertiary/aromatic N) is 3. The molecule has 2 heterocycles. The van der Waals surface area contributed by atoms with Crippen LogP contribution >= 0.6 is 0 Å². The summed E-state index contributed by atoms with van der Waals surface area (Å²) in [7, 11) is 5.32. The van der Waals surface area contributed by atoms with Crippen molar-refractivity contribution in [2.45, 2.75) is 0 Å². The number of methoxy groups -OCH3 is 2. The highest BCUT2D eigenvalue weighted by Gasteiger charge is 2.19. The van der Waals surface area contributed by atoms with E-state index >= 15 is 0 Å². The zero-order chi connectivity index (χ0) is 20.4. The second-order valence-electron chi connectivity index (χ2n) is 7.11. The summed E-state index contributed by atoms with van der Waals surface area (Å²) >= 11 is 0. The zero-order valence-electron chi connectivity index (χ0n) is 16.9. The molecular weight excluding hydrogens is 370 g/mol. The van der Waals surface area contributed by atoms with E-state index < -0.39 is 0 Å². The molecule has 0 atom stereocenters. The summed E-state index contributed by atoms with van der Waals surface area (Å²) in [6, 6.07) is 13.2. The summed E-state index contributed by atoms with van der Waals surface area (Å²) in [5, 5.41) is 14.4. The lowest BCUT2D eigenvalue weighted by atomic mass is 10.1. The number of hydrogen-bond donors (Lipinski definition) is 1. The van der Waals surface area contributed by atoms with Gasteiger partial charge in [-0.2, -0.15) is 0 Å². The molecule has 1 fully saturated rings. The van der Waals surface area contributed by atoms with E-state index in [9.17, 15) is 5.21 Å². The lowest BCUT2D eigenvalue weighted by Gasteiger charge is -2.34. The number of likely N-dealkylation sites (N-methyl/N-ethyl adjacent to an activating group) is 1. The van der Waals surface area contributed by atoms with Gasteiger partial charge in [0.15, 0.2) is 17.1 Å². The first-order chi connectivity index (χ1) is 14.1. The van der Waals surface area contributed by atoms with Crippen molar-refractivity contribution in [3.8, 4) is 22.8 Å². The molecule has 0 spiro atoms. The van der Waals surface area contributed by atoms with E-state index in [4.69, 9.17) is 13.9 Å². The van der Waals surface area contributed by atoms with E-state index in [1.807, 2.05) is 30.3 Å². The van der Waals surface area contributed by atoms with Crippen LogP contribution in [0.1, 0.15) is 0 Å². The molecule has 0 saturated carbocycles. The highest BCUT2D eigenvalue weighted by molar-refractivity contribution is 5.90. The van der Waals surface area contributed by atoms with Gasteiger partial charge in [0.05, 0.1) is 19.9 Å². The predicted molar refractivity (Wildman–Crippen MR) is 112 cm³/mol. The molecule has 2 aromatic carbocycles. The fourth-order valence-corrected chi connectivity index (χ4v) is 3.69. The van der Waals surface area contributed by atoms with Gasteiger partial charge >= 0.3 is 0 Å². The van der Waals surface area contributed by atoms with Crippen molar-refractivity contribution in [3.63, 3.8) is 0 Å². The molecule has 152 valence electrons. The van der Waals surface area contributed by atoms with Crippen molar-refractivity contribution in [2.24, 2.45) is 5.16 Å². The summed E-state index contributed by atoms with van der Waals surface area (Å²) in [4.78, 5) is 4.62. The van der Waals surface area contributed by atoms with Crippen LogP contribution in [0.3, 0.4) is 0 Å². The van der Waals surface area contributed by atoms with Crippen molar-refractivity contribution < 1.29 is 19.1 Å². The smallest absolute Gasteiger partial charge is 0.161 e. The Hall–Kier alpha value is -3.19. The van der Waals surface area contributed by atoms with Crippen LogP contribution in [0.5, 0.6) is 11.5 Å². The molecule has 0 bridgehead atoms. The second-order valence-corrected chi connectivity index (χ2v) is 7.11. The van der Waals surface area contributed by atoms with Crippen LogP contribution < -0.4 is 19.7 Å². The number of para-hydroxylation sites is 1. The molecule has 4 rings (SSSR count). The van der Waals surface area contributed by atoms with Gasteiger partial charge in [-0.15, -0.1) is 0 Å². The first kappa shape index (κ1) is 19.1. The third-order valence-corrected chi connectivity index (χ3v) is 5.37.